The van der Waals surface area contributed by atoms with Crippen LogP contribution in [0.3, 0.4) is 0 Å². The maximum Gasteiger partial charge on any atom is 0.177 e. The highest BCUT2D eigenvalue weighted by molar-refractivity contribution is 7.90. The maximum absolute atomic E-state index is 11.8. The molecule has 0 atom stereocenters. The minimum absolute atomic E-state index is 0.376. The molecule has 0 unspecified atom stereocenters. The van der Waals surface area contributed by atoms with E-state index in [1.165, 1.54) is 19.1 Å². The Morgan fingerprint density at radius 3 is 2.45 bits per heavy atom. The minimum Gasteiger partial charge on any atom is -0.383 e. The predicted octanol–water partition coefficient (Wildman–Crippen LogP) is 1.53. The fourth-order valence-corrected chi connectivity index (χ4v) is 3.81. The van der Waals surface area contributed by atoms with Crippen molar-refractivity contribution >= 4 is 15.5 Å². The normalized spacial score (nSPS) is 17.8. The number of likely N-dealkylation sites (tertiary alicyclic amines) is 1. The molecule has 22 heavy (non-hydrogen) atoms. The average molecular weight is 325 g/mol. The number of benzene rings is 1. The molecule has 1 aliphatic heterocycles. The summed E-state index contributed by atoms with van der Waals surface area (Å²) < 4.78 is 23.5. The van der Waals surface area contributed by atoms with Crippen molar-refractivity contribution < 1.29 is 8.42 Å². The van der Waals surface area contributed by atoms with Crippen LogP contribution in [-0.2, 0) is 9.84 Å². The van der Waals surface area contributed by atoms with E-state index >= 15 is 0 Å². The molecule has 2 rings (SSSR count). The van der Waals surface area contributed by atoms with E-state index in [9.17, 15) is 8.42 Å². The van der Waals surface area contributed by atoms with Gasteiger partial charge in [-0.05, 0) is 52.2 Å². The van der Waals surface area contributed by atoms with Crippen molar-refractivity contribution in [3.63, 3.8) is 0 Å². The minimum atomic E-state index is -3.19. The van der Waals surface area contributed by atoms with Crippen LogP contribution in [0, 0.1) is 0 Å². The Kier molecular flexibility index (Phi) is 5.83. The van der Waals surface area contributed by atoms with Crippen molar-refractivity contribution in [2.24, 2.45) is 0 Å². The van der Waals surface area contributed by atoms with Crippen molar-refractivity contribution in [2.45, 2.75) is 23.8 Å². The van der Waals surface area contributed by atoms with Crippen molar-refractivity contribution in [1.82, 2.24) is 9.80 Å². The Morgan fingerprint density at radius 2 is 1.86 bits per heavy atom. The lowest BCUT2D eigenvalue weighted by atomic mass is 10.0. The van der Waals surface area contributed by atoms with Gasteiger partial charge in [0.15, 0.2) is 9.84 Å². The van der Waals surface area contributed by atoms with E-state index in [-0.39, 0.29) is 0 Å². The molecule has 1 aromatic rings. The van der Waals surface area contributed by atoms with Crippen molar-refractivity contribution in [3.8, 4) is 0 Å². The summed E-state index contributed by atoms with van der Waals surface area (Å²) in [6.07, 6.45) is 3.65. The van der Waals surface area contributed by atoms with Gasteiger partial charge in [0.2, 0.25) is 0 Å². The summed E-state index contributed by atoms with van der Waals surface area (Å²) >= 11 is 0. The molecular weight excluding hydrogens is 298 g/mol. The van der Waals surface area contributed by atoms with E-state index in [2.05, 4.69) is 29.2 Å². The zero-order valence-corrected chi connectivity index (χ0v) is 14.6. The van der Waals surface area contributed by atoms with Gasteiger partial charge in [-0.1, -0.05) is 12.1 Å². The quantitative estimate of drug-likeness (QED) is 0.859. The highest BCUT2D eigenvalue weighted by Crippen LogP contribution is 2.20. The predicted molar refractivity (Wildman–Crippen MR) is 91.2 cm³/mol. The van der Waals surface area contributed by atoms with Gasteiger partial charge in [0.05, 0.1) is 10.6 Å². The summed E-state index contributed by atoms with van der Waals surface area (Å²) in [6, 6.07) is 7.79. The molecule has 1 aliphatic rings. The van der Waals surface area contributed by atoms with Crippen molar-refractivity contribution in [1.29, 1.82) is 0 Å². The van der Waals surface area contributed by atoms with E-state index in [1.807, 2.05) is 12.1 Å². The Morgan fingerprint density at radius 1 is 1.23 bits per heavy atom. The van der Waals surface area contributed by atoms with Gasteiger partial charge in [-0.15, -0.1) is 0 Å². The number of rotatable bonds is 6. The average Bonchev–Trinajstić information content (AvgIpc) is 2.47. The number of nitrogens with zero attached hydrogens (tertiary/aromatic N) is 2. The first-order valence-electron chi connectivity index (χ1n) is 7.79. The Labute approximate surface area is 134 Å². The molecule has 1 saturated heterocycles. The van der Waals surface area contributed by atoms with Gasteiger partial charge in [0.25, 0.3) is 0 Å². The lowest BCUT2D eigenvalue weighted by molar-refractivity contribution is 0.148. The molecule has 5 nitrogen and oxygen atoms in total. The number of para-hydroxylation sites is 1. The smallest absolute Gasteiger partial charge is 0.177 e. The molecule has 6 heteroatoms. The van der Waals surface area contributed by atoms with E-state index < -0.39 is 9.84 Å². The van der Waals surface area contributed by atoms with Crippen LogP contribution in [-0.4, -0.2) is 70.8 Å². The molecule has 0 saturated carbocycles. The number of hydrogen-bond acceptors (Lipinski definition) is 5. The van der Waals surface area contributed by atoms with E-state index in [0.717, 1.165) is 26.2 Å². The van der Waals surface area contributed by atoms with Gasteiger partial charge in [-0.25, -0.2) is 8.42 Å². The molecule has 0 bridgehead atoms. The molecule has 0 aliphatic carbocycles. The lowest BCUT2D eigenvalue weighted by Crippen LogP contribution is -2.43. The zero-order valence-electron chi connectivity index (χ0n) is 13.7. The van der Waals surface area contributed by atoms with Crippen LogP contribution in [0.4, 0.5) is 5.69 Å². The van der Waals surface area contributed by atoms with Gasteiger partial charge in [0, 0.05) is 25.4 Å². The van der Waals surface area contributed by atoms with Crippen LogP contribution >= 0.6 is 0 Å². The van der Waals surface area contributed by atoms with Crippen molar-refractivity contribution in [2.75, 3.05) is 51.8 Å². The second kappa shape index (κ2) is 7.44. The van der Waals surface area contributed by atoms with Gasteiger partial charge < -0.3 is 15.1 Å². The molecule has 0 amide bonds. The first-order valence-corrected chi connectivity index (χ1v) is 9.69. The largest absolute Gasteiger partial charge is 0.383 e. The fraction of sp³-hybridized carbons (Fsp3) is 0.625. The van der Waals surface area contributed by atoms with Gasteiger partial charge in [-0.2, -0.15) is 0 Å². The van der Waals surface area contributed by atoms with Crippen LogP contribution in [0.15, 0.2) is 29.2 Å². The summed E-state index contributed by atoms with van der Waals surface area (Å²) in [5.41, 5.74) is 0.702. The number of nitrogens with one attached hydrogen (secondary N) is 1. The van der Waals surface area contributed by atoms with Crippen LogP contribution in [0.1, 0.15) is 12.8 Å². The second-order valence-corrected chi connectivity index (χ2v) is 8.22. The third kappa shape index (κ3) is 4.69. The van der Waals surface area contributed by atoms with Gasteiger partial charge in [0.1, 0.15) is 0 Å². The molecule has 1 aromatic carbocycles. The SMILES string of the molecule is CN(C)C1CCN(CCNc2ccccc2S(C)(=O)=O)CC1. The summed E-state index contributed by atoms with van der Waals surface area (Å²) in [6.45, 7) is 3.92. The molecule has 1 fully saturated rings. The van der Waals surface area contributed by atoms with Crippen LogP contribution in [0.2, 0.25) is 0 Å². The summed E-state index contributed by atoms with van der Waals surface area (Å²) in [5.74, 6) is 0. The summed E-state index contributed by atoms with van der Waals surface area (Å²) in [5, 5.41) is 3.27. The molecule has 0 aromatic heterocycles. The molecule has 1 heterocycles. The zero-order chi connectivity index (χ0) is 16.2. The molecule has 1 N–H and O–H groups in total. The number of piperidine rings is 1. The lowest BCUT2D eigenvalue weighted by Gasteiger charge is -2.35. The summed E-state index contributed by atoms with van der Waals surface area (Å²) in [4.78, 5) is 5.12. The number of anilines is 1. The van der Waals surface area contributed by atoms with Crippen LogP contribution in [0.5, 0.6) is 0 Å². The van der Waals surface area contributed by atoms with Crippen LogP contribution < -0.4 is 5.32 Å². The van der Waals surface area contributed by atoms with E-state index in [4.69, 9.17) is 0 Å². The van der Waals surface area contributed by atoms with Crippen molar-refractivity contribution in [3.05, 3.63) is 24.3 Å². The first-order chi connectivity index (χ1) is 10.4. The third-order valence-electron chi connectivity index (χ3n) is 4.32. The standard InChI is InChI=1S/C16H27N3O2S/c1-18(2)14-8-11-19(12-9-14)13-10-17-15-6-4-5-7-16(15)22(3,20)21/h4-7,14,17H,8-13H2,1-3H3. The summed E-state index contributed by atoms with van der Waals surface area (Å²) in [7, 11) is 1.10. The molecule has 0 radical (unpaired) electrons. The Hall–Kier alpha value is -1.11. The first kappa shape index (κ1) is 17.2. The van der Waals surface area contributed by atoms with E-state index in [0.29, 0.717) is 16.6 Å². The highest BCUT2D eigenvalue weighted by Gasteiger charge is 2.20. The number of hydrogen-bond donors (Lipinski definition) is 1. The third-order valence-corrected chi connectivity index (χ3v) is 5.47. The Balaban J connectivity index is 1.83. The monoisotopic (exact) mass is 325 g/mol. The molecule has 0 spiro atoms. The maximum atomic E-state index is 11.8. The topological polar surface area (TPSA) is 52.6 Å². The van der Waals surface area contributed by atoms with Gasteiger partial charge in [-0.3, -0.25) is 0 Å². The van der Waals surface area contributed by atoms with E-state index in [1.54, 1.807) is 12.1 Å². The molecule has 124 valence electrons. The van der Waals surface area contributed by atoms with Crippen LogP contribution in [0.25, 0.3) is 0 Å². The Bertz CT molecular complexity index is 579. The molecular formula is C16H27N3O2S. The fourth-order valence-electron chi connectivity index (χ4n) is 2.94. The highest BCUT2D eigenvalue weighted by atomic mass is 32.2. The van der Waals surface area contributed by atoms with Gasteiger partial charge >= 0.3 is 0 Å². The number of sulfone groups is 1. The second-order valence-electron chi connectivity index (χ2n) is 6.23.